The van der Waals surface area contributed by atoms with E-state index in [1.165, 1.54) is 12.1 Å². The Labute approximate surface area is 74.3 Å². The van der Waals surface area contributed by atoms with E-state index in [2.05, 4.69) is 4.74 Å². The van der Waals surface area contributed by atoms with E-state index < -0.39 is 11.8 Å². The van der Waals surface area contributed by atoms with Gasteiger partial charge in [0.25, 0.3) is 0 Å². The number of carbonyl (C=O) groups excluding carboxylic acids is 1. The fourth-order valence-corrected chi connectivity index (χ4v) is 0.929. The molecule has 0 fully saturated rings. The molecule has 0 amide bonds. The molecule has 70 valence electrons. The number of nitrogen functional groups attached to an aromatic ring is 2. The molecule has 1 aromatic carbocycles. The zero-order valence-corrected chi connectivity index (χ0v) is 7.00. The number of halogens is 1. The molecule has 0 radical (unpaired) electrons. The summed E-state index contributed by atoms with van der Waals surface area (Å²) in [6.07, 6.45) is 0. The summed E-state index contributed by atoms with van der Waals surface area (Å²) in [6, 6.07) is 2.42. The van der Waals surface area contributed by atoms with Gasteiger partial charge in [0.2, 0.25) is 0 Å². The Bertz CT molecular complexity index is 352. The summed E-state index contributed by atoms with van der Waals surface area (Å²) in [4.78, 5) is 11.0. The largest absolute Gasteiger partial charge is 0.465 e. The Balaban J connectivity index is 3.28. The highest BCUT2D eigenvalue weighted by Gasteiger charge is 2.15. The number of hydrogen-bond donors (Lipinski definition) is 2. The summed E-state index contributed by atoms with van der Waals surface area (Å²) in [6.45, 7) is 0. The third-order valence-electron chi connectivity index (χ3n) is 1.53. The van der Waals surface area contributed by atoms with Crippen molar-refractivity contribution in [2.45, 2.75) is 0 Å². The highest BCUT2D eigenvalue weighted by Crippen LogP contribution is 2.19. The van der Waals surface area contributed by atoms with Crippen molar-refractivity contribution in [3.63, 3.8) is 0 Å². The van der Waals surface area contributed by atoms with Gasteiger partial charge in [-0.25, -0.2) is 9.18 Å². The van der Waals surface area contributed by atoms with Crippen LogP contribution in [0.3, 0.4) is 0 Å². The molecular weight excluding hydrogens is 175 g/mol. The van der Waals surface area contributed by atoms with Crippen molar-refractivity contribution in [2.24, 2.45) is 0 Å². The molecule has 4 N–H and O–H groups in total. The molecule has 0 aliphatic heterocycles. The summed E-state index contributed by atoms with van der Waals surface area (Å²) in [5.41, 5.74) is 10.4. The number of benzene rings is 1. The summed E-state index contributed by atoms with van der Waals surface area (Å²) in [5.74, 6) is -1.60. The first-order chi connectivity index (χ1) is 6.06. The van der Waals surface area contributed by atoms with E-state index in [0.717, 1.165) is 7.11 Å². The number of ether oxygens (including phenoxy) is 1. The predicted octanol–water partition coefficient (Wildman–Crippen LogP) is 0.777. The molecule has 0 unspecified atom stereocenters. The molecule has 13 heavy (non-hydrogen) atoms. The number of methoxy groups -OCH3 is 1. The van der Waals surface area contributed by atoms with Crippen molar-refractivity contribution < 1.29 is 13.9 Å². The first-order valence-corrected chi connectivity index (χ1v) is 3.49. The molecule has 0 aliphatic rings. The lowest BCUT2D eigenvalue weighted by molar-refractivity contribution is 0.0595. The molecule has 0 aliphatic carbocycles. The van der Waals surface area contributed by atoms with Gasteiger partial charge in [0.05, 0.1) is 18.4 Å². The van der Waals surface area contributed by atoms with E-state index in [1.807, 2.05) is 0 Å². The lowest BCUT2D eigenvalue weighted by Gasteiger charge is -2.04. The second kappa shape index (κ2) is 3.30. The minimum Gasteiger partial charge on any atom is -0.465 e. The molecule has 0 spiro atoms. The number of rotatable bonds is 1. The van der Waals surface area contributed by atoms with Gasteiger partial charge in [-0.2, -0.15) is 0 Å². The number of hydrogen-bond acceptors (Lipinski definition) is 4. The van der Waals surface area contributed by atoms with Crippen molar-refractivity contribution >= 4 is 17.3 Å². The minimum absolute atomic E-state index is 0.166. The van der Waals surface area contributed by atoms with E-state index in [9.17, 15) is 9.18 Å². The highest BCUT2D eigenvalue weighted by atomic mass is 19.1. The second-order valence-electron chi connectivity index (χ2n) is 2.46. The van der Waals surface area contributed by atoms with Crippen LogP contribution in [0, 0.1) is 5.82 Å². The molecule has 0 heterocycles. The van der Waals surface area contributed by atoms with Crippen LogP contribution in [0.15, 0.2) is 12.1 Å². The minimum atomic E-state index is -0.805. The van der Waals surface area contributed by atoms with Crippen LogP contribution in [0.5, 0.6) is 0 Å². The Kier molecular flexibility index (Phi) is 2.36. The van der Waals surface area contributed by atoms with E-state index in [1.54, 1.807) is 0 Å². The fourth-order valence-electron chi connectivity index (χ4n) is 0.929. The lowest BCUT2D eigenvalue weighted by atomic mass is 10.1. The van der Waals surface area contributed by atoms with E-state index in [-0.39, 0.29) is 16.9 Å². The van der Waals surface area contributed by atoms with Crippen molar-refractivity contribution in [1.29, 1.82) is 0 Å². The van der Waals surface area contributed by atoms with Crippen molar-refractivity contribution in [3.05, 3.63) is 23.5 Å². The van der Waals surface area contributed by atoms with Gasteiger partial charge in [0.15, 0.2) is 5.82 Å². The maximum absolute atomic E-state index is 13.1. The van der Waals surface area contributed by atoms with E-state index in [0.29, 0.717) is 0 Å². The highest BCUT2D eigenvalue weighted by molar-refractivity contribution is 5.92. The molecular formula is C8H9FN2O2. The summed E-state index contributed by atoms with van der Waals surface area (Å²) in [5, 5.41) is 0. The van der Waals surface area contributed by atoms with Gasteiger partial charge in [-0.15, -0.1) is 0 Å². The second-order valence-corrected chi connectivity index (χ2v) is 2.46. The number of esters is 1. The fraction of sp³-hybridized carbons (Fsp3) is 0.125. The Morgan fingerprint density at radius 1 is 1.46 bits per heavy atom. The van der Waals surface area contributed by atoms with Crippen LogP contribution in [0.1, 0.15) is 10.4 Å². The third kappa shape index (κ3) is 1.69. The molecule has 5 heteroatoms. The van der Waals surface area contributed by atoms with Gasteiger partial charge in [-0.3, -0.25) is 0 Å². The van der Waals surface area contributed by atoms with Crippen LogP contribution in [0.2, 0.25) is 0 Å². The van der Waals surface area contributed by atoms with Gasteiger partial charge in [-0.05, 0) is 12.1 Å². The maximum atomic E-state index is 13.1. The standard InChI is InChI=1S/C8H9FN2O2/c1-13-8(12)5-2-4(10)3-6(11)7(5)9/h2-3H,10-11H2,1H3. The number of anilines is 2. The molecule has 0 saturated heterocycles. The van der Waals surface area contributed by atoms with Crippen LogP contribution in [-0.4, -0.2) is 13.1 Å². The van der Waals surface area contributed by atoms with Crippen LogP contribution in [0.25, 0.3) is 0 Å². The maximum Gasteiger partial charge on any atom is 0.341 e. The molecule has 0 bridgehead atoms. The predicted molar refractivity (Wildman–Crippen MR) is 46.6 cm³/mol. The zero-order chi connectivity index (χ0) is 10.0. The summed E-state index contributed by atoms with van der Waals surface area (Å²) >= 11 is 0. The van der Waals surface area contributed by atoms with E-state index >= 15 is 0 Å². The van der Waals surface area contributed by atoms with Gasteiger partial charge >= 0.3 is 5.97 Å². The lowest BCUT2D eigenvalue weighted by Crippen LogP contribution is -2.07. The molecule has 1 rings (SSSR count). The van der Waals surface area contributed by atoms with Gasteiger partial charge in [0.1, 0.15) is 0 Å². The normalized spacial score (nSPS) is 9.69. The third-order valence-corrected chi connectivity index (χ3v) is 1.53. The van der Waals surface area contributed by atoms with Crippen LogP contribution in [0.4, 0.5) is 15.8 Å². The Morgan fingerprint density at radius 2 is 2.08 bits per heavy atom. The average molecular weight is 184 g/mol. The first kappa shape index (κ1) is 9.31. The Hall–Kier alpha value is -1.78. The van der Waals surface area contributed by atoms with Crippen LogP contribution < -0.4 is 11.5 Å². The average Bonchev–Trinajstić information content (AvgIpc) is 2.10. The van der Waals surface area contributed by atoms with Gasteiger partial charge in [-0.1, -0.05) is 0 Å². The Morgan fingerprint density at radius 3 is 2.62 bits per heavy atom. The monoisotopic (exact) mass is 184 g/mol. The van der Waals surface area contributed by atoms with Crippen molar-refractivity contribution in [3.8, 4) is 0 Å². The van der Waals surface area contributed by atoms with Crippen LogP contribution in [-0.2, 0) is 4.74 Å². The zero-order valence-electron chi connectivity index (χ0n) is 7.00. The van der Waals surface area contributed by atoms with Crippen LogP contribution >= 0.6 is 0 Å². The quantitative estimate of drug-likeness (QED) is 0.499. The summed E-state index contributed by atoms with van der Waals surface area (Å²) in [7, 11) is 1.15. The van der Waals surface area contributed by atoms with Crippen molar-refractivity contribution in [2.75, 3.05) is 18.6 Å². The summed E-state index contributed by atoms with van der Waals surface area (Å²) < 4.78 is 17.5. The van der Waals surface area contributed by atoms with Crippen molar-refractivity contribution in [1.82, 2.24) is 0 Å². The topological polar surface area (TPSA) is 78.3 Å². The first-order valence-electron chi connectivity index (χ1n) is 3.49. The van der Waals surface area contributed by atoms with E-state index in [4.69, 9.17) is 11.5 Å². The number of nitrogens with two attached hydrogens (primary N) is 2. The smallest absolute Gasteiger partial charge is 0.341 e. The number of carbonyl (C=O) groups is 1. The molecule has 0 saturated carbocycles. The molecule has 1 aromatic rings. The van der Waals surface area contributed by atoms with Gasteiger partial charge in [0, 0.05) is 5.69 Å². The van der Waals surface area contributed by atoms with Gasteiger partial charge < -0.3 is 16.2 Å². The molecule has 4 nitrogen and oxygen atoms in total. The molecule has 0 aromatic heterocycles. The molecule has 0 atom stereocenters. The SMILES string of the molecule is COC(=O)c1cc(N)cc(N)c1F.